The van der Waals surface area contributed by atoms with Crippen molar-refractivity contribution in [3.8, 4) is 0 Å². The van der Waals surface area contributed by atoms with Crippen LogP contribution < -0.4 is 11.1 Å². The summed E-state index contributed by atoms with van der Waals surface area (Å²) in [6.07, 6.45) is 0.985. The van der Waals surface area contributed by atoms with Crippen molar-refractivity contribution < 1.29 is 14.3 Å². The molecular weight excluding hydrogens is 172 g/mol. The summed E-state index contributed by atoms with van der Waals surface area (Å²) < 4.78 is 4.54. The van der Waals surface area contributed by atoms with Gasteiger partial charge in [0, 0.05) is 6.42 Å². The van der Waals surface area contributed by atoms with Crippen LogP contribution in [-0.4, -0.2) is 31.6 Å². The zero-order chi connectivity index (χ0) is 9.84. The Balaban J connectivity index is 2.56. The maximum atomic E-state index is 11.1. The number of carbonyl (C=O) groups excluding carboxylic acids is 2. The average molecular weight is 186 g/mol. The van der Waals surface area contributed by atoms with E-state index in [1.165, 1.54) is 7.11 Å². The molecule has 1 amide bonds. The fourth-order valence-corrected chi connectivity index (χ4v) is 1.47. The summed E-state index contributed by atoms with van der Waals surface area (Å²) in [5, 5.41) is 2.56. The quantitative estimate of drug-likeness (QED) is 0.543. The number of nitrogens with two attached hydrogens (primary N) is 1. The molecule has 0 radical (unpaired) electrons. The van der Waals surface area contributed by atoms with Crippen LogP contribution in [0.15, 0.2) is 0 Å². The second-order valence-corrected chi connectivity index (χ2v) is 3.18. The minimum Gasteiger partial charge on any atom is -0.467 e. The molecule has 0 saturated carbocycles. The van der Waals surface area contributed by atoms with E-state index in [1.54, 1.807) is 0 Å². The maximum Gasteiger partial charge on any atom is 0.328 e. The highest BCUT2D eigenvalue weighted by Gasteiger charge is 2.30. The maximum absolute atomic E-state index is 11.1. The standard InChI is InChI=1S/C8H14N2O3/c1-13-8(12)6-2-5(4-9)3-7(11)10-6/h5-6H,2-4,9H2,1H3,(H,10,11). The molecule has 2 atom stereocenters. The first kappa shape index (κ1) is 9.98. The lowest BCUT2D eigenvalue weighted by Crippen LogP contribution is -2.48. The number of hydrogen-bond donors (Lipinski definition) is 2. The lowest BCUT2D eigenvalue weighted by atomic mass is 9.92. The van der Waals surface area contributed by atoms with Crippen LogP contribution >= 0.6 is 0 Å². The van der Waals surface area contributed by atoms with E-state index in [4.69, 9.17) is 5.73 Å². The van der Waals surface area contributed by atoms with Crippen LogP contribution in [0.4, 0.5) is 0 Å². The lowest BCUT2D eigenvalue weighted by molar-refractivity contribution is -0.147. The van der Waals surface area contributed by atoms with Gasteiger partial charge in [0.1, 0.15) is 6.04 Å². The van der Waals surface area contributed by atoms with Crippen LogP contribution in [0, 0.1) is 5.92 Å². The molecule has 0 spiro atoms. The van der Waals surface area contributed by atoms with Gasteiger partial charge in [-0.2, -0.15) is 0 Å². The molecule has 1 fully saturated rings. The van der Waals surface area contributed by atoms with Crippen molar-refractivity contribution in [2.45, 2.75) is 18.9 Å². The largest absolute Gasteiger partial charge is 0.467 e. The van der Waals surface area contributed by atoms with Crippen molar-refractivity contribution in [2.75, 3.05) is 13.7 Å². The summed E-state index contributed by atoms with van der Waals surface area (Å²) >= 11 is 0. The monoisotopic (exact) mass is 186 g/mol. The first-order valence-electron chi connectivity index (χ1n) is 4.24. The highest BCUT2D eigenvalue weighted by Crippen LogP contribution is 2.16. The second-order valence-electron chi connectivity index (χ2n) is 3.18. The van der Waals surface area contributed by atoms with Gasteiger partial charge in [0.05, 0.1) is 7.11 Å². The van der Waals surface area contributed by atoms with Gasteiger partial charge in [-0.25, -0.2) is 4.79 Å². The first-order valence-corrected chi connectivity index (χ1v) is 4.24. The molecule has 1 heterocycles. The summed E-state index contributed by atoms with van der Waals surface area (Å²) in [5.74, 6) is -0.429. The Morgan fingerprint density at radius 1 is 1.77 bits per heavy atom. The molecule has 0 aromatic heterocycles. The van der Waals surface area contributed by atoms with Gasteiger partial charge in [0.2, 0.25) is 5.91 Å². The fourth-order valence-electron chi connectivity index (χ4n) is 1.47. The Morgan fingerprint density at radius 3 is 3.00 bits per heavy atom. The molecule has 74 valence electrons. The summed E-state index contributed by atoms with van der Waals surface area (Å²) in [7, 11) is 1.31. The van der Waals surface area contributed by atoms with Gasteiger partial charge in [0.25, 0.3) is 0 Å². The summed E-state index contributed by atoms with van der Waals surface area (Å²) in [6.45, 7) is 0.431. The van der Waals surface area contributed by atoms with E-state index < -0.39 is 12.0 Å². The van der Waals surface area contributed by atoms with Gasteiger partial charge < -0.3 is 15.8 Å². The number of amides is 1. The third kappa shape index (κ3) is 2.42. The minimum atomic E-state index is -0.514. The Bertz CT molecular complexity index is 217. The topological polar surface area (TPSA) is 81.4 Å². The molecule has 0 aliphatic carbocycles. The molecule has 13 heavy (non-hydrogen) atoms. The van der Waals surface area contributed by atoms with Crippen molar-refractivity contribution in [2.24, 2.45) is 11.7 Å². The number of carbonyl (C=O) groups is 2. The van der Waals surface area contributed by atoms with Gasteiger partial charge in [-0.3, -0.25) is 4.79 Å². The third-order valence-corrected chi connectivity index (χ3v) is 2.20. The van der Waals surface area contributed by atoms with Gasteiger partial charge in [0.15, 0.2) is 0 Å². The number of hydrogen-bond acceptors (Lipinski definition) is 4. The Kier molecular flexibility index (Phi) is 3.25. The molecule has 3 N–H and O–H groups in total. The molecule has 5 nitrogen and oxygen atoms in total. The van der Waals surface area contributed by atoms with Crippen LogP contribution in [0.5, 0.6) is 0 Å². The number of ether oxygens (including phenoxy) is 1. The fraction of sp³-hybridized carbons (Fsp3) is 0.750. The van der Waals surface area contributed by atoms with Crippen LogP contribution in [0.3, 0.4) is 0 Å². The van der Waals surface area contributed by atoms with Crippen LogP contribution in [0.2, 0.25) is 0 Å². The van der Waals surface area contributed by atoms with Crippen molar-refractivity contribution in [3.05, 3.63) is 0 Å². The predicted octanol–water partition coefficient (Wildman–Crippen LogP) is -0.987. The zero-order valence-corrected chi connectivity index (χ0v) is 7.58. The number of methoxy groups -OCH3 is 1. The second kappa shape index (κ2) is 4.23. The Hall–Kier alpha value is -1.10. The van der Waals surface area contributed by atoms with E-state index >= 15 is 0 Å². The first-order chi connectivity index (χ1) is 6.17. The van der Waals surface area contributed by atoms with E-state index in [0.717, 1.165) is 0 Å². The third-order valence-electron chi connectivity index (χ3n) is 2.20. The van der Waals surface area contributed by atoms with Crippen LogP contribution in [0.25, 0.3) is 0 Å². The average Bonchev–Trinajstić information content (AvgIpc) is 2.15. The minimum absolute atomic E-state index is 0.0952. The summed E-state index contributed by atoms with van der Waals surface area (Å²) in [5.41, 5.74) is 5.44. The van der Waals surface area contributed by atoms with Gasteiger partial charge in [-0.1, -0.05) is 0 Å². The molecule has 1 aliphatic rings. The van der Waals surface area contributed by atoms with Crippen molar-refractivity contribution in [1.82, 2.24) is 5.32 Å². The van der Waals surface area contributed by atoms with Crippen LogP contribution in [-0.2, 0) is 14.3 Å². The van der Waals surface area contributed by atoms with Crippen molar-refractivity contribution >= 4 is 11.9 Å². The molecule has 0 bridgehead atoms. The highest BCUT2D eigenvalue weighted by molar-refractivity contribution is 5.85. The van der Waals surface area contributed by atoms with E-state index in [1.807, 2.05) is 0 Å². The summed E-state index contributed by atoms with van der Waals surface area (Å²) in [4.78, 5) is 22.2. The molecule has 1 aliphatic heterocycles. The Labute approximate surface area is 76.6 Å². The van der Waals surface area contributed by atoms with Crippen LogP contribution in [0.1, 0.15) is 12.8 Å². The smallest absolute Gasteiger partial charge is 0.328 e. The normalized spacial score (nSPS) is 28.0. The SMILES string of the molecule is COC(=O)C1CC(CN)CC(=O)N1. The van der Waals surface area contributed by atoms with E-state index in [0.29, 0.717) is 19.4 Å². The molecule has 0 aromatic carbocycles. The molecule has 0 aromatic rings. The van der Waals surface area contributed by atoms with E-state index in [-0.39, 0.29) is 11.8 Å². The molecule has 5 heteroatoms. The van der Waals surface area contributed by atoms with Gasteiger partial charge >= 0.3 is 5.97 Å². The molecule has 2 unspecified atom stereocenters. The van der Waals surface area contributed by atoms with Gasteiger partial charge in [-0.05, 0) is 18.9 Å². The number of esters is 1. The molecular formula is C8H14N2O3. The molecule has 1 rings (SSSR count). The van der Waals surface area contributed by atoms with Crippen molar-refractivity contribution in [1.29, 1.82) is 0 Å². The number of piperidine rings is 1. The van der Waals surface area contributed by atoms with E-state index in [9.17, 15) is 9.59 Å². The van der Waals surface area contributed by atoms with E-state index in [2.05, 4.69) is 10.1 Å². The molecule has 1 saturated heterocycles. The zero-order valence-electron chi connectivity index (χ0n) is 7.58. The van der Waals surface area contributed by atoms with Crippen molar-refractivity contribution in [3.63, 3.8) is 0 Å². The lowest BCUT2D eigenvalue weighted by Gasteiger charge is -2.26. The van der Waals surface area contributed by atoms with Gasteiger partial charge in [-0.15, -0.1) is 0 Å². The summed E-state index contributed by atoms with van der Waals surface area (Å²) in [6, 6.07) is -0.514. The predicted molar refractivity (Wildman–Crippen MR) is 45.7 cm³/mol. The highest BCUT2D eigenvalue weighted by atomic mass is 16.5. The Morgan fingerprint density at radius 2 is 2.46 bits per heavy atom. The number of rotatable bonds is 2. The number of nitrogens with one attached hydrogen (secondary N) is 1.